The predicted octanol–water partition coefficient (Wildman–Crippen LogP) is 5.17. The number of aromatic nitrogens is 2. The number of anilines is 1. The highest BCUT2D eigenvalue weighted by atomic mass is 32.1. The Balaban J connectivity index is 1.15. The second-order valence-corrected chi connectivity index (χ2v) is 9.68. The summed E-state index contributed by atoms with van der Waals surface area (Å²) in [5.74, 6) is 1.14. The molecule has 3 heterocycles. The summed E-state index contributed by atoms with van der Waals surface area (Å²) in [6.45, 7) is 5.13. The molecule has 5 nitrogen and oxygen atoms in total. The van der Waals surface area contributed by atoms with Crippen molar-refractivity contribution in [1.82, 2.24) is 14.3 Å². The Morgan fingerprint density at radius 3 is 2.50 bits per heavy atom. The van der Waals surface area contributed by atoms with Gasteiger partial charge in [-0.15, -0.1) is 0 Å². The number of piperazine rings is 1. The van der Waals surface area contributed by atoms with Gasteiger partial charge >= 0.3 is 0 Å². The van der Waals surface area contributed by atoms with E-state index in [1.54, 1.807) is 17.6 Å². The molecule has 34 heavy (non-hydrogen) atoms. The average molecular weight is 467 g/mol. The minimum absolute atomic E-state index is 0.0649. The fourth-order valence-electron chi connectivity index (χ4n) is 4.88. The largest absolute Gasteiger partial charge is 0.353 e. The molecular weight excluding hydrogens is 440 g/mol. The van der Waals surface area contributed by atoms with E-state index in [2.05, 4.69) is 63.3 Å². The molecule has 1 saturated heterocycles. The molecule has 0 aliphatic carbocycles. The van der Waals surface area contributed by atoms with E-state index in [-0.39, 0.29) is 5.56 Å². The van der Waals surface area contributed by atoms with Crippen LogP contribution in [0.3, 0.4) is 0 Å². The maximum Gasteiger partial charge on any atom is 0.249 e. The number of nitrogens with zero attached hydrogens (tertiary/aromatic N) is 3. The van der Waals surface area contributed by atoms with Crippen molar-refractivity contribution in [3.8, 4) is 11.1 Å². The van der Waals surface area contributed by atoms with Gasteiger partial charge < -0.3 is 9.88 Å². The third-order valence-electron chi connectivity index (χ3n) is 6.74. The lowest BCUT2D eigenvalue weighted by molar-refractivity contribution is 0.261. The Morgan fingerprint density at radius 1 is 0.853 bits per heavy atom. The number of hydrogen-bond acceptors (Lipinski definition) is 5. The first-order valence-electron chi connectivity index (χ1n) is 11.8. The third-order valence-corrected chi connectivity index (χ3v) is 7.56. The summed E-state index contributed by atoms with van der Waals surface area (Å²) in [5, 5.41) is 2.37. The number of pyridine rings is 1. The van der Waals surface area contributed by atoms with Gasteiger partial charge in [-0.25, -0.2) is 0 Å². The first-order valence-corrected chi connectivity index (χ1v) is 12.5. The topological polar surface area (TPSA) is 52.2 Å². The maximum absolute atomic E-state index is 12.2. The summed E-state index contributed by atoms with van der Waals surface area (Å²) in [7, 11) is 0. The molecule has 1 N–H and O–H groups in total. The van der Waals surface area contributed by atoms with Crippen molar-refractivity contribution >= 4 is 38.3 Å². The summed E-state index contributed by atoms with van der Waals surface area (Å²) in [6.07, 6.45) is 0.989. The lowest BCUT2D eigenvalue weighted by Crippen LogP contribution is -2.47. The number of nitrogens with one attached hydrogen (secondary N) is 1. The van der Waals surface area contributed by atoms with Crippen molar-refractivity contribution in [2.24, 2.45) is 0 Å². The molecule has 0 saturated carbocycles. The molecule has 6 rings (SSSR count). The molecule has 1 fully saturated rings. The zero-order valence-electron chi connectivity index (χ0n) is 18.9. The molecule has 0 atom stereocenters. The monoisotopic (exact) mass is 466 g/mol. The van der Waals surface area contributed by atoms with Gasteiger partial charge in [0.2, 0.25) is 5.56 Å². The number of aromatic amines is 1. The minimum atomic E-state index is -0.0649. The summed E-state index contributed by atoms with van der Waals surface area (Å²) in [6, 6.07) is 26.8. The van der Waals surface area contributed by atoms with E-state index in [9.17, 15) is 4.79 Å². The molecule has 2 aromatic heterocycles. The van der Waals surface area contributed by atoms with E-state index in [1.165, 1.54) is 15.6 Å². The Bertz CT molecular complexity index is 1500. The number of rotatable bonds is 5. The summed E-state index contributed by atoms with van der Waals surface area (Å²) >= 11 is 1.59. The van der Waals surface area contributed by atoms with E-state index in [1.807, 2.05) is 24.3 Å². The molecular formula is C28H26N4OS. The predicted molar refractivity (Wildman–Crippen MR) is 142 cm³/mol. The lowest BCUT2D eigenvalue weighted by atomic mass is 9.99. The van der Waals surface area contributed by atoms with Crippen LogP contribution >= 0.6 is 11.5 Å². The Hall–Kier alpha value is -3.48. The van der Waals surface area contributed by atoms with Gasteiger partial charge in [-0.2, -0.15) is 4.37 Å². The van der Waals surface area contributed by atoms with Crippen molar-refractivity contribution in [3.05, 3.63) is 94.8 Å². The summed E-state index contributed by atoms with van der Waals surface area (Å²) < 4.78 is 5.99. The smallest absolute Gasteiger partial charge is 0.249 e. The van der Waals surface area contributed by atoms with Crippen LogP contribution in [0.15, 0.2) is 83.7 Å². The van der Waals surface area contributed by atoms with Crippen molar-refractivity contribution in [1.29, 1.82) is 0 Å². The highest BCUT2D eigenvalue weighted by molar-refractivity contribution is 7.13. The molecule has 1 aliphatic heterocycles. The van der Waals surface area contributed by atoms with Gasteiger partial charge in [0.25, 0.3) is 0 Å². The zero-order valence-corrected chi connectivity index (χ0v) is 19.7. The maximum atomic E-state index is 12.2. The minimum Gasteiger partial charge on any atom is -0.353 e. The standard InChI is InChI=1S/C28H26N4OS/c33-27-19-23(21-6-2-1-3-7-21)24-18-20(10-11-25(24)29-27)12-13-31-14-16-32(17-15-31)28-22-8-4-5-9-26(22)34-30-28/h1-11,18-19H,12-17H2,(H,29,33). The average Bonchev–Trinajstić information content (AvgIpc) is 3.32. The van der Waals surface area contributed by atoms with Gasteiger partial charge in [0.05, 0.1) is 4.70 Å². The van der Waals surface area contributed by atoms with Crippen LogP contribution in [0.5, 0.6) is 0 Å². The van der Waals surface area contributed by atoms with E-state index in [0.717, 1.165) is 67.0 Å². The van der Waals surface area contributed by atoms with E-state index in [4.69, 9.17) is 4.37 Å². The van der Waals surface area contributed by atoms with Crippen LogP contribution < -0.4 is 10.5 Å². The molecule has 1 aliphatic rings. The van der Waals surface area contributed by atoms with Crippen LogP contribution in [-0.2, 0) is 6.42 Å². The fraction of sp³-hybridized carbons (Fsp3) is 0.214. The lowest BCUT2D eigenvalue weighted by Gasteiger charge is -2.35. The van der Waals surface area contributed by atoms with E-state index >= 15 is 0 Å². The first-order chi connectivity index (χ1) is 16.7. The number of fused-ring (bicyclic) bond motifs is 2. The second kappa shape index (κ2) is 9.05. The van der Waals surface area contributed by atoms with Crippen LogP contribution in [-0.4, -0.2) is 47.0 Å². The van der Waals surface area contributed by atoms with Gasteiger partial charge in [0.1, 0.15) is 5.82 Å². The van der Waals surface area contributed by atoms with Crippen LogP contribution in [0.4, 0.5) is 5.82 Å². The second-order valence-electron chi connectivity index (χ2n) is 8.87. The normalized spacial score (nSPS) is 14.8. The van der Waals surface area contributed by atoms with Crippen molar-refractivity contribution in [2.45, 2.75) is 6.42 Å². The molecule has 0 amide bonds. The van der Waals surface area contributed by atoms with Gasteiger partial charge in [-0.1, -0.05) is 48.5 Å². The summed E-state index contributed by atoms with van der Waals surface area (Å²) in [4.78, 5) is 20.2. The molecule has 0 unspecified atom stereocenters. The molecule has 170 valence electrons. The fourth-order valence-corrected chi connectivity index (χ4v) is 5.68. The van der Waals surface area contributed by atoms with Crippen LogP contribution in [0.1, 0.15) is 5.56 Å². The Morgan fingerprint density at radius 2 is 1.65 bits per heavy atom. The molecule has 6 heteroatoms. The third kappa shape index (κ3) is 4.11. The Kier molecular flexibility index (Phi) is 5.61. The molecule has 5 aromatic rings. The SMILES string of the molecule is O=c1cc(-c2ccccc2)c2cc(CCN3CCN(c4nsc5ccccc45)CC3)ccc2[nH]1. The number of H-pyrrole nitrogens is 1. The van der Waals surface area contributed by atoms with Gasteiger partial charge in [-0.3, -0.25) is 9.69 Å². The number of hydrogen-bond donors (Lipinski definition) is 1. The van der Waals surface area contributed by atoms with Crippen LogP contribution in [0.2, 0.25) is 0 Å². The molecule has 0 radical (unpaired) electrons. The van der Waals surface area contributed by atoms with Crippen molar-refractivity contribution in [2.75, 3.05) is 37.6 Å². The van der Waals surface area contributed by atoms with E-state index < -0.39 is 0 Å². The first kappa shape index (κ1) is 21.1. The molecule has 3 aromatic carbocycles. The molecule has 0 bridgehead atoms. The highest BCUT2D eigenvalue weighted by Gasteiger charge is 2.20. The highest BCUT2D eigenvalue weighted by Crippen LogP contribution is 2.30. The van der Waals surface area contributed by atoms with Gasteiger partial charge in [0.15, 0.2) is 0 Å². The zero-order chi connectivity index (χ0) is 22.9. The van der Waals surface area contributed by atoms with Crippen LogP contribution in [0.25, 0.3) is 32.1 Å². The van der Waals surface area contributed by atoms with Gasteiger partial charge in [0, 0.05) is 55.1 Å². The van der Waals surface area contributed by atoms with Gasteiger partial charge in [-0.05, 0) is 58.9 Å². The summed E-state index contributed by atoms with van der Waals surface area (Å²) in [5.41, 5.74) is 4.18. The Labute approximate surface area is 202 Å². The molecule has 0 spiro atoms. The number of benzene rings is 3. The van der Waals surface area contributed by atoms with Crippen molar-refractivity contribution < 1.29 is 0 Å². The quantitative estimate of drug-likeness (QED) is 0.388. The van der Waals surface area contributed by atoms with Crippen molar-refractivity contribution in [3.63, 3.8) is 0 Å². The van der Waals surface area contributed by atoms with Crippen LogP contribution in [0, 0.1) is 0 Å². The van der Waals surface area contributed by atoms with E-state index in [0.29, 0.717) is 0 Å².